The van der Waals surface area contributed by atoms with Gasteiger partial charge in [0.25, 0.3) is 5.24 Å². The topological polar surface area (TPSA) is 43.4 Å². The quantitative estimate of drug-likeness (QED) is 0.175. The van der Waals surface area contributed by atoms with E-state index in [4.69, 9.17) is 16.3 Å². The lowest BCUT2D eigenvalue weighted by Crippen LogP contribution is -2.66. The number of allylic oxidation sites excluding steroid dienone is 3. The van der Waals surface area contributed by atoms with E-state index in [9.17, 15) is 9.59 Å². The van der Waals surface area contributed by atoms with Crippen molar-refractivity contribution in [3.05, 3.63) is 89.5 Å². The highest BCUT2D eigenvalue weighted by Crippen LogP contribution is 2.77. The van der Waals surface area contributed by atoms with Crippen LogP contribution in [0.2, 0.25) is 0 Å². The number of carbonyl (C=O) groups is 2. The van der Waals surface area contributed by atoms with Crippen LogP contribution in [0.25, 0.3) is 5.57 Å². The molecule has 0 spiro atoms. The highest BCUT2D eigenvalue weighted by molar-refractivity contribution is 6.67. The fourth-order valence-electron chi connectivity index (χ4n) is 13.2. The maximum absolute atomic E-state index is 14.3. The second-order valence-electron chi connectivity index (χ2n) is 17.8. The predicted molar refractivity (Wildman–Crippen MR) is 195 cm³/mol. The molecule has 0 aromatic heterocycles. The van der Waals surface area contributed by atoms with Gasteiger partial charge in [0, 0.05) is 5.56 Å². The van der Waals surface area contributed by atoms with Crippen LogP contribution in [-0.2, 0) is 16.1 Å². The standard InChI is InChI=1S/C44H55ClO3/c1-28(2)32-19-24-44(39(47)48-27-29-11-9-8-10-12-29)26-25-42(6)34(37(32)44)17-18-36-41(5)22-20-33(30-13-15-31(16-14-30)38(45)46)40(3,4)35(41)21-23-43(36,42)7/h8-16,20,32,34-37H,1,17-19,21-27H2,2-7H3/t32-,34+,35-,36+,37+,41-,42+,43+,44-/m0/s1. The van der Waals surface area contributed by atoms with E-state index in [1.165, 1.54) is 42.4 Å². The fourth-order valence-corrected chi connectivity index (χ4v) is 13.4. The molecule has 5 aliphatic carbocycles. The molecular formula is C44H55ClO3. The lowest BCUT2D eigenvalue weighted by atomic mass is 9.32. The molecule has 256 valence electrons. The fraction of sp³-hybridized carbons (Fsp3) is 0.591. The monoisotopic (exact) mass is 666 g/mol. The van der Waals surface area contributed by atoms with Gasteiger partial charge in [0.1, 0.15) is 6.61 Å². The van der Waals surface area contributed by atoms with Gasteiger partial charge >= 0.3 is 5.97 Å². The molecule has 4 heteroatoms. The highest BCUT2D eigenvalue weighted by atomic mass is 35.5. The summed E-state index contributed by atoms with van der Waals surface area (Å²) in [5, 5.41) is -0.405. The molecular weight excluding hydrogens is 612 g/mol. The van der Waals surface area contributed by atoms with Crippen molar-refractivity contribution in [2.45, 2.75) is 106 Å². The molecule has 0 aliphatic heterocycles. The summed E-state index contributed by atoms with van der Waals surface area (Å²) in [6, 6.07) is 18.1. The second-order valence-corrected chi connectivity index (χ2v) is 18.1. The Hall–Kier alpha value is -2.65. The molecule has 2 aromatic carbocycles. The van der Waals surface area contributed by atoms with Gasteiger partial charge in [0.05, 0.1) is 5.41 Å². The van der Waals surface area contributed by atoms with Gasteiger partial charge in [-0.25, -0.2) is 0 Å². The zero-order chi connectivity index (χ0) is 34.3. The second kappa shape index (κ2) is 11.7. The minimum absolute atomic E-state index is 0.0132. The molecule has 0 radical (unpaired) electrons. The van der Waals surface area contributed by atoms with Gasteiger partial charge in [-0.1, -0.05) is 95.3 Å². The van der Waals surface area contributed by atoms with E-state index in [0.29, 0.717) is 41.8 Å². The summed E-state index contributed by atoms with van der Waals surface area (Å²) in [6.45, 7) is 19.9. The molecule has 0 N–H and O–H groups in total. The Kier molecular flexibility index (Phi) is 8.26. The van der Waals surface area contributed by atoms with E-state index in [0.717, 1.165) is 37.7 Å². The summed E-state index contributed by atoms with van der Waals surface area (Å²) in [5.41, 5.74) is 5.65. The number of rotatable bonds is 6. The van der Waals surface area contributed by atoms with Crippen LogP contribution in [0.5, 0.6) is 0 Å². The average Bonchev–Trinajstić information content (AvgIpc) is 3.46. The van der Waals surface area contributed by atoms with Crippen LogP contribution in [0.4, 0.5) is 0 Å². The zero-order valence-corrected chi connectivity index (χ0v) is 30.8. The van der Waals surface area contributed by atoms with Crippen molar-refractivity contribution in [2.24, 2.45) is 56.7 Å². The van der Waals surface area contributed by atoms with Crippen LogP contribution < -0.4 is 0 Å². The Morgan fingerprint density at radius 3 is 2.21 bits per heavy atom. The number of hydrogen-bond donors (Lipinski definition) is 0. The van der Waals surface area contributed by atoms with Gasteiger partial charge in [0.2, 0.25) is 0 Å². The number of halogens is 1. The molecule has 0 bridgehead atoms. The summed E-state index contributed by atoms with van der Waals surface area (Å²) < 4.78 is 6.22. The maximum atomic E-state index is 14.3. The number of hydrogen-bond acceptors (Lipinski definition) is 3. The van der Waals surface area contributed by atoms with Crippen LogP contribution in [0.1, 0.15) is 121 Å². The molecule has 9 atom stereocenters. The van der Waals surface area contributed by atoms with E-state index < -0.39 is 10.7 Å². The largest absolute Gasteiger partial charge is 0.460 e. The van der Waals surface area contributed by atoms with Gasteiger partial charge in [0.15, 0.2) is 0 Å². The van der Waals surface area contributed by atoms with Gasteiger partial charge < -0.3 is 4.74 Å². The van der Waals surface area contributed by atoms with Crippen molar-refractivity contribution in [3.63, 3.8) is 0 Å². The molecule has 0 unspecified atom stereocenters. The van der Waals surface area contributed by atoms with Crippen molar-refractivity contribution >= 4 is 28.4 Å². The van der Waals surface area contributed by atoms with E-state index in [-0.39, 0.29) is 27.6 Å². The normalized spacial score (nSPS) is 39.6. The van der Waals surface area contributed by atoms with E-state index >= 15 is 0 Å². The molecule has 0 saturated heterocycles. The Balaban J connectivity index is 1.20. The number of ether oxygens (including phenoxy) is 1. The third-order valence-electron chi connectivity index (χ3n) is 15.7. The first-order chi connectivity index (χ1) is 22.7. The van der Waals surface area contributed by atoms with E-state index in [1.807, 2.05) is 30.3 Å². The third kappa shape index (κ3) is 4.79. The maximum Gasteiger partial charge on any atom is 0.312 e. The summed E-state index contributed by atoms with van der Waals surface area (Å²) in [5.74, 6) is 2.42. The average molecular weight is 667 g/mol. The molecule has 3 nitrogen and oxygen atoms in total. The van der Waals surface area contributed by atoms with Crippen molar-refractivity contribution in [1.29, 1.82) is 0 Å². The van der Waals surface area contributed by atoms with Crippen molar-refractivity contribution in [3.8, 4) is 0 Å². The van der Waals surface area contributed by atoms with E-state index in [2.05, 4.69) is 78.5 Å². The molecule has 4 saturated carbocycles. The van der Waals surface area contributed by atoms with Crippen LogP contribution in [0, 0.1) is 56.7 Å². The SMILES string of the molecule is C=C(C)[C@@H]1CC[C@]2(C(=O)OCc3ccccc3)CC[C@]3(C)[C@H](CC[C@@H]4[C@@]5(C)CC=C(c6ccc(C(=O)Cl)cc6)C(C)(C)[C@@H]5CC[C@]43C)[C@@H]12. The van der Waals surface area contributed by atoms with Crippen LogP contribution in [0.15, 0.2) is 72.8 Å². The molecule has 4 fully saturated rings. The van der Waals surface area contributed by atoms with Crippen molar-refractivity contribution in [2.75, 3.05) is 0 Å². The van der Waals surface area contributed by atoms with Crippen LogP contribution >= 0.6 is 11.6 Å². The minimum atomic E-state index is -0.405. The predicted octanol–water partition coefficient (Wildman–Crippen LogP) is 11.5. The number of esters is 1. The van der Waals surface area contributed by atoms with Gasteiger partial charge in [-0.15, -0.1) is 0 Å². The first-order valence-corrected chi connectivity index (χ1v) is 18.9. The minimum Gasteiger partial charge on any atom is -0.460 e. The number of carbonyl (C=O) groups excluding carboxylic acids is 2. The van der Waals surface area contributed by atoms with Crippen molar-refractivity contribution < 1.29 is 14.3 Å². The zero-order valence-electron chi connectivity index (χ0n) is 30.0. The third-order valence-corrected chi connectivity index (χ3v) is 15.9. The Bertz CT molecular complexity index is 1640. The number of fused-ring (bicyclic) bond motifs is 7. The van der Waals surface area contributed by atoms with Gasteiger partial charge in [-0.3, -0.25) is 9.59 Å². The summed E-state index contributed by atoms with van der Waals surface area (Å²) >= 11 is 5.78. The summed E-state index contributed by atoms with van der Waals surface area (Å²) in [4.78, 5) is 26.1. The molecule has 48 heavy (non-hydrogen) atoms. The number of benzene rings is 2. The highest BCUT2D eigenvalue weighted by Gasteiger charge is 2.71. The van der Waals surface area contributed by atoms with Crippen molar-refractivity contribution in [1.82, 2.24) is 0 Å². The van der Waals surface area contributed by atoms with Gasteiger partial charge in [-0.05, 0) is 156 Å². The molecule has 0 heterocycles. The van der Waals surface area contributed by atoms with Crippen LogP contribution in [0.3, 0.4) is 0 Å². The first kappa shape index (κ1) is 33.8. The Morgan fingerprint density at radius 1 is 0.833 bits per heavy atom. The lowest BCUT2D eigenvalue weighted by Gasteiger charge is -2.72. The lowest BCUT2D eigenvalue weighted by molar-refractivity contribution is -0.229. The Morgan fingerprint density at radius 2 is 1.54 bits per heavy atom. The Labute approximate surface area is 293 Å². The molecule has 2 aromatic rings. The summed E-state index contributed by atoms with van der Waals surface area (Å²) in [6.07, 6.45) is 12.5. The van der Waals surface area contributed by atoms with Crippen LogP contribution in [-0.4, -0.2) is 11.2 Å². The van der Waals surface area contributed by atoms with E-state index in [1.54, 1.807) is 0 Å². The molecule has 5 aliphatic rings. The summed E-state index contributed by atoms with van der Waals surface area (Å²) in [7, 11) is 0. The molecule has 0 amide bonds. The first-order valence-electron chi connectivity index (χ1n) is 18.6. The van der Waals surface area contributed by atoms with Gasteiger partial charge in [-0.2, -0.15) is 0 Å². The smallest absolute Gasteiger partial charge is 0.312 e. The molecule has 7 rings (SSSR count).